The van der Waals surface area contributed by atoms with Gasteiger partial charge in [0, 0.05) is 18.0 Å². The highest BCUT2D eigenvalue weighted by Gasteiger charge is 2.09. The molecule has 0 saturated carbocycles. The Kier molecular flexibility index (Phi) is 4.58. The number of ether oxygens (including phenoxy) is 2. The minimum absolute atomic E-state index is 0.430. The predicted octanol–water partition coefficient (Wildman–Crippen LogP) is 3.03. The number of hydrogen-bond donors (Lipinski definition) is 1. The van der Waals surface area contributed by atoms with Crippen LogP contribution in [0.5, 0.6) is 11.5 Å². The fourth-order valence-electron chi connectivity index (χ4n) is 1.92. The molecule has 4 nitrogen and oxygen atoms in total. The maximum Gasteiger partial charge on any atom is 0.161 e. The molecule has 1 aromatic carbocycles. The largest absolute Gasteiger partial charge is 0.493 e. The molecule has 20 heavy (non-hydrogen) atoms. The monoisotopic (exact) mass is 273 g/mol. The molecule has 1 heterocycles. The molecule has 0 spiro atoms. The van der Waals surface area contributed by atoms with E-state index in [1.54, 1.807) is 26.3 Å². The van der Waals surface area contributed by atoms with E-state index in [1.165, 1.54) is 0 Å². The molecule has 0 aliphatic rings. The molecule has 0 saturated heterocycles. The molecule has 0 bridgehead atoms. The van der Waals surface area contributed by atoms with E-state index in [0.717, 1.165) is 16.7 Å². The van der Waals surface area contributed by atoms with Crippen molar-refractivity contribution in [2.24, 2.45) is 0 Å². The molecule has 2 rings (SSSR count). The zero-order chi connectivity index (χ0) is 14.5. The zero-order valence-corrected chi connectivity index (χ0v) is 12.0. The van der Waals surface area contributed by atoms with Crippen molar-refractivity contribution in [1.82, 2.24) is 4.98 Å². The van der Waals surface area contributed by atoms with Crippen molar-refractivity contribution in [3.63, 3.8) is 0 Å². The van der Waals surface area contributed by atoms with E-state index >= 15 is 0 Å². The molecule has 0 aliphatic carbocycles. The summed E-state index contributed by atoms with van der Waals surface area (Å²) in [4.78, 5) is 4.13. The molecular weight excluding hydrogens is 254 g/mol. The van der Waals surface area contributed by atoms with Gasteiger partial charge in [0.1, 0.15) is 6.61 Å². The van der Waals surface area contributed by atoms with Crippen LogP contribution in [-0.4, -0.2) is 17.2 Å². The van der Waals surface area contributed by atoms with E-state index in [4.69, 9.17) is 9.47 Å². The van der Waals surface area contributed by atoms with E-state index in [2.05, 4.69) is 4.98 Å². The number of benzene rings is 1. The first-order valence-electron chi connectivity index (χ1n) is 6.49. The Hall–Kier alpha value is -2.07. The number of aliphatic hydroxyl groups is 1. The summed E-state index contributed by atoms with van der Waals surface area (Å²) in [7, 11) is 1.59. The molecule has 2 aromatic rings. The average Bonchev–Trinajstić information content (AvgIpc) is 2.45. The van der Waals surface area contributed by atoms with Gasteiger partial charge in [0.2, 0.25) is 0 Å². The van der Waals surface area contributed by atoms with Crippen LogP contribution in [0.15, 0.2) is 36.7 Å². The maximum atomic E-state index is 9.57. The van der Waals surface area contributed by atoms with Gasteiger partial charge in [0.15, 0.2) is 11.5 Å². The van der Waals surface area contributed by atoms with Gasteiger partial charge in [-0.3, -0.25) is 4.98 Å². The Bertz CT molecular complexity index is 582. The van der Waals surface area contributed by atoms with Gasteiger partial charge in [-0.15, -0.1) is 0 Å². The average molecular weight is 273 g/mol. The molecule has 1 unspecified atom stereocenters. The first kappa shape index (κ1) is 14.3. The molecule has 4 heteroatoms. The van der Waals surface area contributed by atoms with Gasteiger partial charge in [-0.2, -0.15) is 0 Å². The van der Waals surface area contributed by atoms with E-state index in [1.807, 2.05) is 31.3 Å². The van der Waals surface area contributed by atoms with Gasteiger partial charge in [-0.1, -0.05) is 6.07 Å². The molecule has 1 aromatic heterocycles. The van der Waals surface area contributed by atoms with Crippen molar-refractivity contribution in [3.8, 4) is 11.5 Å². The molecule has 106 valence electrons. The number of aryl methyl sites for hydroxylation is 1. The summed E-state index contributed by atoms with van der Waals surface area (Å²) in [6.07, 6.45) is 3.06. The van der Waals surface area contributed by atoms with Crippen molar-refractivity contribution in [1.29, 1.82) is 0 Å². The number of methoxy groups -OCH3 is 1. The predicted molar refractivity (Wildman–Crippen MR) is 76.9 cm³/mol. The topological polar surface area (TPSA) is 51.6 Å². The summed E-state index contributed by atoms with van der Waals surface area (Å²) in [5, 5.41) is 9.57. The van der Waals surface area contributed by atoms with E-state index in [9.17, 15) is 5.11 Å². The Labute approximate surface area is 119 Å². The van der Waals surface area contributed by atoms with Gasteiger partial charge >= 0.3 is 0 Å². The fourth-order valence-corrected chi connectivity index (χ4v) is 1.92. The summed E-state index contributed by atoms with van der Waals surface area (Å²) >= 11 is 0. The van der Waals surface area contributed by atoms with Gasteiger partial charge in [-0.05, 0) is 43.2 Å². The SMILES string of the molecule is COc1cc(C(C)O)ccc1OCc1cncc(C)c1. The van der Waals surface area contributed by atoms with E-state index in [-0.39, 0.29) is 0 Å². The molecular formula is C16H19NO3. The van der Waals surface area contributed by atoms with Crippen LogP contribution in [-0.2, 0) is 6.61 Å². The van der Waals surface area contributed by atoms with Crippen molar-refractivity contribution in [3.05, 3.63) is 53.3 Å². The normalized spacial score (nSPS) is 12.0. The lowest BCUT2D eigenvalue weighted by molar-refractivity contribution is 0.198. The summed E-state index contributed by atoms with van der Waals surface area (Å²) < 4.78 is 11.1. The molecule has 0 aliphatic heterocycles. The van der Waals surface area contributed by atoms with E-state index < -0.39 is 6.10 Å². The maximum absolute atomic E-state index is 9.57. The second-order valence-corrected chi connectivity index (χ2v) is 4.75. The third kappa shape index (κ3) is 3.48. The van der Waals surface area contributed by atoms with Gasteiger partial charge in [-0.25, -0.2) is 0 Å². The number of aliphatic hydroxyl groups excluding tert-OH is 1. The van der Waals surface area contributed by atoms with Crippen molar-refractivity contribution in [2.45, 2.75) is 26.6 Å². The van der Waals surface area contributed by atoms with Crippen molar-refractivity contribution in [2.75, 3.05) is 7.11 Å². The van der Waals surface area contributed by atoms with Gasteiger partial charge in [0.25, 0.3) is 0 Å². The van der Waals surface area contributed by atoms with Crippen LogP contribution in [0.1, 0.15) is 29.7 Å². The van der Waals surface area contributed by atoms with Crippen LogP contribution in [0.25, 0.3) is 0 Å². The second-order valence-electron chi connectivity index (χ2n) is 4.75. The second kappa shape index (κ2) is 6.39. The highest BCUT2D eigenvalue weighted by molar-refractivity contribution is 5.43. The Balaban J connectivity index is 2.13. The molecule has 0 radical (unpaired) electrons. The zero-order valence-electron chi connectivity index (χ0n) is 12.0. The summed E-state index contributed by atoms with van der Waals surface area (Å²) in [6, 6.07) is 7.46. The molecule has 0 amide bonds. The van der Waals surface area contributed by atoms with Crippen LogP contribution < -0.4 is 9.47 Å². The molecule has 1 atom stereocenters. The van der Waals surface area contributed by atoms with Gasteiger partial charge in [0.05, 0.1) is 13.2 Å². The third-order valence-electron chi connectivity index (χ3n) is 3.00. The van der Waals surface area contributed by atoms with Gasteiger partial charge < -0.3 is 14.6 Å². The van der Waals surface area contributed by atoms with Crippen LogP contribution in [0.2, 0.25) is 0 Å². The van der Waals surface area contributed by atoms with Crippen molar-refractivity contribution >= 4 is 0 Å². The first-order valence-corrected chi connectivity index (χ1v) is 6.49. The quantitative estimate of drug-likeness (QED) is 0.909. The van der Waals surface area contributed by atoms with Crippen LogP contribution in [0.4, 0.5) is 0 Å². The highest BCUT2D eigenvalue weighted by Crippen LogP contribution is 2.30. The standard InChI is InChI=1S/C16H19NO3/c1-11-6-13(9-17-8-11)10-20-15-5-4-14(12(2)18)7-16(15)19-3/h4-9,12,18H,10H2,1-3H3. The van der Waals surface area contributed by atoms with Crippen LogP contribution >= 0.6 is 0 Å². The molecule has 0 fully saturated rings. The lowest BCUT2D eigenvalue weighted by Gasteiger charge is -2.13. The highest BCUT2D eigenvalue weighted by atomic mass is 16.5. The molecule has 1 N–H and O–H groups in total. The fraction of sp³-hybridized carbons (Fsp3) is 0.312. The summed E-state index contributed by atoms with van der Waals surface area (Å²) in [5.74, 6) is 1.27. The summed E-state index contributed by atoms with van der Waals surface area (Å²) in [6.45, 7) is 4.14. The summed E-state index contributed by atoms with van der Waals surface area (Å²) in [5.41, 5.74) is 2.90. The minimum Gasteiger partial charge on any atom is -0.493 e. The number of aromatic nitrogens is 1. The number of hydrogen-bond acceptors (Lipinski definition) is 4. The lowest BCUT2D eigenvalue weighted by atomic mass is 10.1. The third-order valence-corrected chi connectivity index (χ3v) is 3.00. The Morgan fingerprint density at radius 2 is 2.00 bits per heavy atom. The lowest BCUT2D eigenvalue weighted by Crippen LogP contribution is -2.00. The first-order chi connectivity index (χ1) is 9.60. The van der Waals surface area contributed by atoms with Crippen LogP contribution in [0, 0.1) is 6.92 Å². The number of pyridine rings is 1. The number of nitrogens with zero attached hydrogens (tertiary/aromatic N) is 1. The van der Waals surface area contributed by atoms with Crippen molar-refractivity contribution < 1.29 is 14.6 Å². The Morgan fingerprint density at radius 1 is 1.20 bits per heavy atom. The minimum atomic E-state index is -0.529. The van der Waals surface area contributed by atoms with E-state index in [0.29, 0.717) is 18.1 Å². The van der Waals surface area contributed by atoms with Crippen LogP contribution in [0.3, 0.4) is 0 Å². The Morgan fingerprint density at radius 3 is 2.65 bits per heavy atom. The number of rotatable bonds is 5. The smallest absolute Gasteiger partial charge is 0.161 e.